The molecule has 0 amide bonds. The summed E-state index contributed by atoms with van der Waals surface area (Å²) in [6.07, 6.45) is 3.65. The fourth-order valence-corrected chi connectivity index (χ4v) is 1.41. The third-order valence-electron chi connectivity index (χ3n) is 1.87. The first kappa shape index (κ1) is 9.23. The molecule has 0 bridgehead atoms. The van der Waals surface area contributed by atoms with Crippen molar-refractivity contribution in [1.29, 1.82) is 0 Å². The molecule has 0 saturated heterocycles. The van der Waals surface area contributed by atoms with E-state index in [2.05, 4.69) is 10.1 Å². The number of nitrogens with zero attached hydrogens (tertiary/aromatic N) is 3. The van der Waals surface area contributed by atoms with Gasteiger partial charge in [0.25, 0.3) is 0 Å². The zero-order valence-corrected chi connectivity index (χ0v) is 8.17. The van der Waals surface area contributed by atoms with Crippen LogP contribution in [0.4, 0.5) is 0 Å². The number of rotatable bonds is 0. The standard InChI is InChI=1S/C7H11N3.C2H6/c1-6-8-7-4-2-3-5-10(7)9-6;1-2/h2-5H2,1H3;1-2H3. The van der Waals surface area contributed by atoms with Crippen LogP contribution in [-0.2, 0) is 13.0 Å². The van der Waals surface area contributed by atoms with Gasteiger partial charge in [0.1, 0.15) is 11.6 Å². The van der Waals surface area contributed by atoms with Crippen LogP contribution >= 0.6 is 0 Å². The topological polar surface area (TPSA) is 30.7 Å². The summed E-state index contributed by atoms with van der Waals surface area (Å²) >= 11 is 0. The van der Waals surface area contributed by atoms with Crippen molar-refractivity contribution in [2.75, 3.05) is 0 Å². The van der Waals surface area contributed by atoms with Crippen LogP contribution in [0.2, 0.25) is 0 Å². The summed E-state index contributed by atoms with van der Waals surface area (Å²) in [6, 6.07) is 0. The van der Waals surface area contributed by atoms with E-state index in [4.69, 9.17) is 0 Å². The molecule has 0 N–H and O–H groups in total. The third-order valence-corrected chi connectivity index (χ3v) is 1.87. The average molecular weight is 167 g/mol. The number of hydrogen-bond acceptors (Lipinski definition) is 2. The third kappa shape index (κ3) is 1.84. The fraction of sp³-hybridized carbons (Fsp3) is 0.778. The summed E-state index contributed by atoms with van der Waals surface area (Å²) in [5.41, 5.74) is 0. The lowest BCUT2D eigenvalue weighted by atomic mass is 10.2. The summed E-state index contributed by atoms with van der Waals surface area (Å²) < 4.78 is 2.03. The molecule has 2 heterocycles. The summed E-state index contributed by atoms with van der Waals surface area (Å²) in [6.45, 7) is 7.02. The lowest BCUT2D eigenvalue weighted by molar-refractivity contribution is 0.479. The molecule has 0 aromatic carbocycles. The molecule has 0 fully saturated rings. The van der Waals surface area contributed by atoms with Crippen LogP contribution < -0.4 is 0 Å². The van der Waals surface area contributed by atoms with E-state index in [-0.39, 0.29) is 0 Å². The van der Waals surface area contributed by atoms with E-state index in [0.717, 1.165) is 18.8 Å². The van der Waals surface area contributed by atoms with Gasteiger partial charge in [-0.25, -0.2) is 9.67 Å². The number of hydrogen-bond donors (Lipinski definition) is 0. The normalized spacial score (nSPS) is 14.6. The Labute approximate surface area is 73.8 Å². The van der Waals surface area contributed by atoms with Crippen LogP contribution in [0.5, 0.6) is 0 Å². The molecule has 0 spiro atoms. The van der Waals surface area contributed by atoms with Crippen molar-refractivity contribution in [1.82, 2.24) is 14.8 Å². The zero-order chi connectivity index (χ0) is 8.97. The van der Waals surface area contributed by atoms with Crippen LogP contribution in [0.15, 0.2) is 0 Å². The SMILES string of the molecule is CC.Cc1nc2n(n1)CCCC2. The first-order chi connectivity index (χ1) is 5.86. The number of aromatic nitrogens is 3. The molecule has 1 aliphatic heterocycles. The molecule has 1 aromatic heterocycles. The molecule has 0 atom stereocenters. The van der Waals surface area contributed by atoms with Gasteiger partial charge in [-0.1, -0.05) is 13.8 Å². The highest BCUT2D eigenvalue weighted by Crippen LogP contribution is 2.10. The Kier molecular flexibility index (Phi) is 3.26. The van der Waals surface area contributed by atoms with Crippen molar-refractivity contribution >= 4 is 0 Å². The van der Waals surface area contributed by atoms with Crippen molar-refractivity contribution in [2.45, 2.75) is 46.6 Å². The van der Waals surface area contributed by atoms with E-state index in [1.807, 2.05) is 25.5 Å². The lowest BCUT2D eigenvalue weighted by Crippen LogP contribution is -2.11. The van der Waals surface area contributed by atoms with E-state index < -0.39 is 0 Å². The molecular formula is C9H17N3. The smallest absolute Gasteiger partial charge is 0.147 e. The van der Waals surface area contributed by atoms with Crippen molar-refractivity contribution in [3.63, 3.8) is 0 Å². The van der Waals surface area contributed by atoms with Gasteiger partial charge in [0.15, 0.2) is 0 Å². The average Bonchev–Trinajstić information content (AvgIpc) is 2.48. The van der Waals surface area contributed by atoms with Crippen molar-refractivity contribution in [3.8, 4) is 0 Å². The monoisotopic (exact) mass is 167 g/mol. The minimum atomic E-state index is 0.914. The van der Waals surface area contributed by atoms with Gasteiger partial charge in [-0.05, 0) is 19.8 Å². The van der Waals surface area contributed by atoms with E-state index in [0.29, 0.717) is 0 Å². The molecular weight excluding hydrogens is 150 g/mol. The van der Waals surface area contributed by atoms with Gasteiger partial charge in [-0.15, -0.1) is 0 Å². The van der Waals surface area contributed by atoms with E-state index in [1.54, 1.807) is 0 Å². The molecule has 12 heavy (non-hydrogen) atoms. The summed E-state index contributed by atoms with van der Waals surface area (Å²) in [5.74, 6) is 2.08. The van der Waals surface area contributed by atoms with Gasteiger partial charge in [0, 0.05) is 13.0 Å². The maximum Gasteiger partial charge on any atom is 0.147 e. The van der Waals surface area contributed by atoms with Gasteiger partial charge in [-0.3, -0.25) is 0 Å². The Bertz CT molecular complexity index is 216. The molecule has 0 unspecified atom stereocenters. The minimum absolute atomic E-state index is 0.914. The molecule has 3 nitrogen and oxygen atoms in total. The highest BCUT2D eigenvalue weighted by atomic mass is 15.3. The predicted octanol–water partition coefficient (Wildman–Crippen LogP) is 1.95. The van der Waals surface area contributed by atoms with Crippen LogP contribution in [0.25, 0.3) is 0 Å². The lowest BCUT2D eigenvalue weighted by Gasteiger charge is -2.09. The van der Waals surface area contributed by atoms with E-state index in [1.165, 1.54) is 18.7 Å². The highest BCUT2D eigenvalue weighted by Gasteiger charge is 2.10. The second kappa shape index (κ2) is 4.24. The molecule has 68 valence electrons. The molecule has 2 rings (SSSR count). The summed E-state index contributed by atoms with van der Waals surface area (Å²) in [5, 5.41) is 4.26. The maximum absolute atomic E-state index is 4.30. The van der Waals surface area contributed by atoms with Crippen molar-refractivity contribution in [2.24, 2.45) is 0 Å². The molecule has 3 heteroatoms. The van der Waals surface area contributed by atoms with Crippen LogP contribution in [-0.4, -0.2) is 14.8 Å². The fourth-order valence-electron chi connectivity index (χ4n) is 1.41. The Morgan fingerprint density at radius 1 is 1.25 bits per heavy atom. The van der Waals surface area contributed by atoms with E-state index >= 15 is 0 Å². The Morgan fingerprint density at radius 2 is 2.00 bits per heavy atom. The quantitative estimate of drug-likeness (QED) is 0.591. The second-order valence-electron chi connectivity index (χ2n) is 2.76. The molecule has 0 saturated carbocycles. The first-order valence-electron chi connectivity index (χ1n) is 4.76. The molecule has 0 aliphatic carbocycles. The number of fused-ring (bicyclic) bond motifs is 1. The van der Waals surface area contributed by atoms with Crippen LogP contribution in [0, 0.1) is 6.92 Å². The van der Waals surface area contributed by atoms with Crippen LogP contribution in [0.3, 0.4) is 0 Å². The van der Waals surface area contributed by atoms with Crippen LogP contribution in [0.1, 0.15) is 38.3 Å². The first-order valence-corrected chi connectivity index (χ1v) is 4.76. The largest absolute Gasteiger partial charge is 0.250 e. The predicted molar refractivity (Wildman–Crippen MR) is 49.0 cm³/mol. The van der Waals surface area contributed by atoms with Gasteiger partial charge in [0.2, 0.25) is 0 Å². The summed E-state index contributed by atoms with van der Waals surface area (Å²) in [7, 11) is 0. The minimum Gasteiger partial charge on any atom is -0.250 e. The molecule has 1 aromatic rings. The Morgan fingerprint density at radius 3 is 2.67 bits per heavy atom. The Hall–Kier alpha value is -0.860. The van der Waals surface area contributed by atoms with Gasteiger partial charge in [-0.2, -0.15) is 5.10 Å². The Balaban J connectivity index is 0.000000336. The maximum atomic E-state index is 4.30. The van der Waals surface area contributed by atoms with E-state index in [9.17, 15) is 0 Å². The highest BCUT2D eigenvalue weighted by molar-refractivity contribution is 4.93. The molecule has 1 aliphatic rings. The van der Waals surface area contributed by atoms with Gasteiger partial charge < -0.3 is 0 Å². The van der Waals surface area contributed by atoms with Crippen molar-refractivity contribution < 1.29 is 0 Å². The summed E-state index contributed by atoms with van der Waals surface area (Å²) in [4.78, 5) is 4.30. The second-order valence-corrected chi connectivity index (χ2v) is 2.76. The zero-order valence-electron chi connectivity index (χ0n) is 8.17. The van der Waals surface area contributed by atoms with Gasteiger partial charge in [0.05, 0.1) is 0 Å². The van der Waals surface area contributed by atoms with Crippen molar-refractivity contribution in [3.05, 3.63) is 11.6 Å². The van der Waals surface area contributed by atoms with Gasteiger partial charge >= 0.3 is 0 Å². The number of aryl methyl sites for hydroxylation is 3. The molecule has 0 radical (unpaired) electrons.